The maximum absolute atomic E-state index is 13.7. The molecular weight excluding hydrogens is 337 g/mol. The summed E-state index contributed by atoms with van der Waals surface area (Å²) in [6, 6.07) is 12.8. The van der Waals surface area contributed by atoms with Crippen molar-refractivity contribution in [3.8, 4) is 0 Å². The van der Waals surface area contributed by atoms with Crippen LogP contribution in [0, 0.1) is 5.82 Å². The Labute approximate surface area is 148 Å². The first kappa shape index (κ1) is 17.6. The van der Waals surface area contributed by atoms with Gasteiger partial charge in [0.05, 0.1) is 17.3 Å². The van der Waals surface area contributed by atoms with Gasteiger partial charge in [-0.05, 0) is 18.2 Å². The van der Waals surface area contributed by atoms with Crippen molar-refractivity contribution in [1.82, 2.24) is 14.7 Å². The number of hydrogen-bond donors (Lipinski definition) is 1. The number of benzene rings is 2. The largest absolute Gasteiger partial charge is 0.341 e. The number of aromatic nitrogens is 2. The normalized spacial score (nSPS) is 10.8. The number of carbonyl (C=O) groups excluding carboxylic acids is 1. The molecule has 0 atom stereocenters. The minimum atomic E-state index is -0.382. The van der Waals surface area contributed by atoms with Crippen LogP contribution in [0.5, 0.6) is 0 Å². The zero-order valence-electron chi connectivity index (χ0n) is 14.2. The second-order valence-corrected chi connectivity index (χ2v) is 6.03. The summed E-state index contributed by atoms with van der Waals surface area (Å²) in [4.78, 5) is 38.2. The van der Waals surface area contributed by atoms with E-state index in [0.717, 1.165) is 4.68 Å². The molecule has 0 aliphatic rings. The number of rotatable bonds is 5. The van der Waals surface area contributed by atoms with E-state index in [1.165, 1.54) is 11.0 Å². The number of carbonyl (C=O) groups is 1. The van der Waals surface area contributed by atoms with E-state index in [4.69, 9.17) is 0 Å². The molecule has 0 saturated carbocycles. The molecule has 0 saturated heterocycles. The van der Waals surface area contributed by atoms with Gasteiger partial charge >= 0.3 is 0 Å². The molecule has 3 rings (SSSR count). The number of hydrogen-bond acceptors (Lipinski definition) is 3. The fourth-order valence-corrected chi connectivity index (χ4v) is 2.77. The Morgan fingerprint density at radius 2 is 1.73 bits per heavy atom. The summed E-state index contributed by atoms with van der Waals surface area (Å²) in [6.07, 6.45) is 0.0130. The topological polar surface area (TPSA) is 75.2 Å². The standard InChI is InChI=1S/C19H18FN3O3/c1-22(12-13-6-2-5-9-16(13)20)17(24)10-11-23-19(26)15-8-4-3-7-14(15)18(25)21-23/h2-9H,10-12H2,1H3,(H,21,25). The van der Waals surface area contributed by atoms with Crippen LogP contribution in [0.1, 0.15) is 12.0 Å². The van der Waals surface area contributed by atoms with E-state index in [9.17, 15) is 18.8 Å². The summed E-state index contributed by atoms with van der Waals surface area (Å²) in [5.41, 5.74) is -0.322. The van der Waals surface area contributed by atoms with Crippen LogP contribution in [0.3, 0.4) is 0 Å². The predicted molar refractivity (Wildman–Crippen MR) is 96.3 cm³/mol. The Bertz CT molecular complexity index is 1070. The molecule has 1 heterocycles. The fourth-order valence-electron chi connectivity index (χ4n) is 2.77. The lowest BCUT2D eigenvalue weighted by Gasteiger charge is -2.18. The highest BCUT2D eigenvalue weighted by atomic mass is 19.1. The van der Waals surface area contributed by atoms with Gasteiger partial charge in [-0.3, -0.25) is 19.5 Å². The second-order valence-electron chi connectivity index (χ2n) is 6.03. The van der Waals surface area contributed by atoms with Crippen LogP contribution >= 0.6 is 0 Å². The molecule has 0 fully saturated rings. The smallest absolute Gasteiger partial charge is 0.273 e. The summed E-state index contributed by atoms with van der Waals surface area (Å²) >= 11 is 0. The third-order valence-electron chi connectivity index (χ3n) is 4.22. The minimum Gasteiger partial charge on any atom is -0.341 e. The van der Waals surface area contributed by atoms with Crippen molar-refractivity contribution < 1.29 is 9.18 Å². The summed E-state index contributed by atoms with van der Waals surface area (Å²) < 4.78 is 14.8. The second kappa shape index (κ2) is 7.35. The molecule has 0 aliphatic heterocycles. The van der Waals surface area contributed by atoms with Crippen molar-refractivity contribution in [2.24, 2.45) is 0 Å². The first-order chi connectivity index (χ1) is 12.5. The van der Waals surface area contributed by atoms with Gasteiger partial charge in [-0.25, -0.2) is 9.07 Å². The summed E-state index contributed by atoms with van der Waals surface area (Å²) in [5, 5.41) is 3.11. The van der Waals surface area contributed by atoms with Gasteiger partial charge in [-0.1, -0.05) is 30.3 Å². The summed E-state index contributed by atoms with van der Waals surface area (Å²) in [7, 11) is 1.57. The molecule has 134 valence electrons. The van der Waals surface area contributed by atoms with Crippen molar-refractivity contribution in [2.75, 3.05) is 7.05 Å². The van der Waals surface area contributed by atoms with Crippen LogP contribution in [-0.2, 0) is 17.9 Å². The first-order valence-electron chi connectivity index (χ1n) is 8.16. The average molecular weight is 355 g/mol. The lowest BCUT2D eigenvalue weighted by molar-refractivity contribution is -0.130. The van der Waals surface area contributed by atoms with Crippen LogP contribution in [-0.4, -0.2) is 27.6 Å². The van der Waals surface area contributed by atoms with Gasteiger partial charge in [0.1, 0.15) is 5.82 Å². The molecule has 1 aromatic heterocycles. The average Bonchev–Trinajstić information content (AvgIpc) is 2.65. The van der Waals surface area contributed by atoms with E-state index in [-0.39, 0.29) is 42.4 Å². The lowest BCUT2D eigenvalue weighted by Crippen LogP contribution is -2.33. The van der Waals surface area contributed by atoms with Gasteiger partial charge in [0.2, 0.25) is 5.91 Å². The summed E-state index contributed by atoms with van der Waals surface area (Å²) in [6.45, 7) is 0.175. The molecule has 7 heteroatoms. The molecule has 2 aromatic carbocycles. The molecule has 1 N–H and O–H groups in total. The number of nitrogens with zero attached hydrogens (tertiary/aromatic N) is 2. The van der Waals surface area contributed by atoms with Crippen LogP contribution in [0.4, 0.5) is 4.39 Å². The fraction of sp³-hybridized carbons (Fsp3) is 0.211. The zero-order chi connectivity index (χ0) is 18.7. The molecule has 0 radical (unpaired) electrons. The van der Waals surface area contributed by atoms with Gasteiger partial charge < -0.3 is 4.90 Å². The highest BCUT2D eigenvalue weighted by Crippen LogP contribution is 2.10. The van der Waals surface area contributed by atoms with Crippen molar-refractivity contribution in [2.45, 2.75) is 19.5 Å². The number of amides is 1. The molecule has 0 aliphatic carbocycles. The third-order valence-corrected chi connectivity index (χ3v) is 4.22. The number of nitrogens with one attached hydrogen (secondary N) is 1. The molecule has 3 aromatic rings. The Balaban J connectivity index is 1.73. The quantitative estimate of drug-likeness (QED) is 0.759. The maximum atomic E-state index is 13.7. The van der Waals surface area contributed by atoms with E-state index in [0.29, 0.717) is 16.3 Å². The Morgan fingerprint density at radius 1 is 1.08 bits per heavy atom. The van der Waals surface area contributed by atoms with Crippen molar-refractivity contribution in [3.05, 3.63) is 80.6 Å². The zero-order valence-corrected chi connectivity index (χ0v) is 14.2. The number of aromatic amines is 1. The molecule has 1 amide bonds. The van der Waals surface area contributed by atoms with E-state index < -0.39 is 0 Å². The monoisotopic (exact) mass is 355 g/mol. The maximum Gasteiger partial charge on any atom is 0.273 e. The van der Waals surface area contributed by atoms with Crippen LogP contribution in [0.2, 0.25) is 0 Å². The van der Waals surface area contributed by atoms with Gasteiger partial charge in [0, 0.05) is 25.6 Å². The Morgan fingerprint density at radius 3 is 2.46 bits per heavy atom. The SMILES string of the molecule is CN(Cc1ccccc1F)C(=O)CCn1[nH]c(=O)c2ccccc2c1=O. The summed E-state index contributed by atoms with van der Waals surface area (Å²) in [5.74, 6) is -0.628. The van der Waals surface area contributed by atoms with Gasteiger partial charge in [0.15, 0.2) is 0 Å². The number of aryl methyl sites for hydroxylation is 1. The number of H-pyrrole nitrogens is 1. The molecular formula is C19H18FN3O3. The van der Waals surface area contributed by atoms with Gasteiger partial charge in [-0.2, -0.15) is 0 Å². The van der Waals surface area contributed by atoms with Crippen molar-refractivity contribution >= 4 is 16.7 Å². The first-order valence-corrected chi connectivity index (χ1v) is 8.16. The predicted octanol–water partition coefficient (Wildman–Crippen LogP) is 1.88. The van der Waals surface area contributed by atoms with E-state index in [1.54, 1.807) is 49.5 Å². The number of fused-ring (bicyclic) bond motifs is 1. The lowest BCUT2D eigenvalue weighted by atomic mass is 10.2. The number of halogens is 1. The van der Waals surface area contributed by atoms with Gasteiger partial charge in [-0.15, -0.1) is 0 Å². The van der Waals surface area contributed by atoms with E-state index in [1.807, 2.05) is 0 Å². The van der Waals surface area contributed by atoms with Crippen molar-refractivity contribution in [3.63, 3.8) is 0 Å². The molecule has 6 nitrogen and oxygen atoms in total. The molecule has 26 heavy (non-hydrogen) atoms. The molecule has 0 unspecified atom stereocenters. The van der Waals surface area contributed by atoms with Crippen LogP contribution in [0.25, 0.3) is 10.8 Å². The molecule has 0 spiro atoms. The molecule has 0 bridgehead atoms. The van der Waals surface area contributed by atoms with Crippen molar-refractivity contribution in [1.29, 1.82) is 0 Å². The Kier molecular flexibility index (Phi) is 4.97. The van der Waals surface area contributed by atoms with E-state index in [2.05, 4.69) is 5.10 Å². The van der Waals surface area contributed by atoms with Crippen LogP contribution < -0.4 is 11.1 Å². The van der Waals surface area contributed by atoms with E-state index >= 15 is 0 Å². The van der Waals surface area contributed by atoms with Gasteiger partial charge in [0.25, 0.3) is 11.1 Å². The minimum absolute atomic E-state index is 0.0130. The highest BCUT2D eigenvalue weighted by molar-refractivity contribution is 5.80. The Hall–Kier alpha value is -3.22. The third kappa shape index (κ3) is 3.56. The van der Waals surface area contributed by atoms with Crippen LogP contribution in [0.15, 0.2) is 58.1 Å². The highest BCUT2D eigenvalue weighted by Gasteiger charge is 2.13.